The van der Waals surface area contributed by atoms with Crippen LogP contribution in [0.3, 0.4) is 0 Å². The second kappa shape index (κ2) is 9.23. The van der Waals surface area contributed by atoms with Crippen molar-refractivity contribution in [1.29, 1.82) is 0 Å². The summed E-state index contributed by atoms with van der Waals surface area (Å²) in [5, 5.41) is 0. The minimum absolute atomic E-state index is 0.0305. The van der Waals surface area contributed by atoms with Crippen molar-refractivity contribution < 1.29 is 19.1 Å². The van der Waals surface area contributed by atoms with Crippen LogP contribution in [-0.2, 0) is 22.6 Å². The number of hydrogen-bond donors (Lipinski definition) is 0. The van der Waals surface area contributed by atoms with Crippen LogP contribution in [0.4, 0.5) is 5.69 Å². The van der Waals surface area contributed by atoms with Crippen LogP contribution in [-0.4, -0.2) is 44.0 Å². The van der Waals surface area contributed by atoms with E-state index in [1.54, 1.807) is 14.2 Å². The number of hydrogen-bond acceptors (Lipinski definition) is 4. The third-order valence-corrected chi connectivity index (χ3v) is 6.87. The summed E-state index contributed by atoms with van der Waals surface area (Å²) in [5.41, 5.74) is 4.37. The van der Waals surface area contributed by atoms with E-state index in [-0.39, 0.29) is 24.2 Å². The molecule has 0 aliphatic carbocycles. The van der Waals surface area contributed by atoms with Crippen LogP contribution in [0, 0.1) is 5.92 Å². The molecule has 32 heavy (non-hydrogen) atoms. The lowest BCUT2D eigenvalue weighted by Crippen LogP contribution is -2.40. The highest BCUT2D eigenvalue weighted by Crippen LogP contribution is 2.36. The third kappa shape index (κ3) is 4.06. The summed E-state index contributed by atoms with van der Waals surface area (Å²) in [7, 11) is 3.25. The summed E-state index contributed by atoms with van der Waals surface area (Å²) >= 11 is 0. The molecule has 2 aromatic rings. The molecule has 1 fully saturated rings. The van der Waals surface area contributed by atoms with E-state index in [0.717, 1.165) is 24.1 Å². The molecule has 0 radical (unpaired) electrons. The lowest BCUT2D eigenvalue weighted by Gasteiger charge is -2.31. The van der Waals surface area contributed by atoms with Gasteiger partial charge in [-0.3, -0.25) is 9.59 Å². The first-order chi connectivity index (χ1) is 15.5. The van der Waals surface area contributed by atoms with Crippen LogP contribution in [0.15, 0.2) is 36.4 Å². The molecule has 6 heteroatoms. The van der Waals surface area contributed by atoms with Crippen molar-refractivity contribution in [3.63, 3.8) is 0 Å². The van der Waals surface area contributed by atoms with Crippen molar-refractivity contribution in [2.75, 3.05) is 32.2 Å². The molecule has 2 aliphatic heterocycles. The highest BCUT2D eigenvalue weighted by atomic mass is 16.5. The van der Waals surface area contributed by atoms with Gasteiger partial charge in [0.25, 0.3) is 0 Å². The van der Waals surface area contributed by atoms with Gasteiger partial charge < -0.3 is 19.3 Å². The zero-order valence-corrected chi connectivity index (χ0v) is 19.4. The van der Waals surface area contributed by atoms with Gasteiger partial charge in [-0.25, -0.2) is 0 Å². The van der Waals surface area contributed by atoms with E-state index in [4.69, 9.17) is 9.47 Å². The molecule has 2 aliphatic rings. The standard InChI is InChI=1S/C26H32N2O4/c1-5-17(2)21-8-6-7-9-22(21)28-16-20(14-25(28)29)26(30)27-11-10-18-12-23(31-3)24(32-4)13-19(18)15-27/h6-9,12-13,17,20H,5,10-11,14-16H2,1-4H3. The van der Waals surface area contributed by atoms with Crippen molar-refractivity contribution >= 4 is 17.5 Å². The fourth-order valence-electron chi connectivity index (χ4n) is 4.81. The minimum atomic E-state index is -0.311. The average Bonchev–Trinajstić information content (AvgIpc) is 3.22. The number of ether oxygens (including phenoxy) is 2. The Morgan fingerprint density at radius 3 is 2.50 bits per heavy atom. The highest BCUT2D eigenvalue weighted by Gasteiger charge is 2.38. The van der Waals surface area contributed by atoms with E-state index in [1.165, 1.54) is 11.1 Å². The van der Waals surface area contributed by atoms with Gasteiger partial charge in [-0.05, 0) is 53.6 Å². The van der Waals surface area contributed by atoms with Crippen LogP contribution in [0.5, 0.6) is 11.5 Å². The van der Waals surface area contributed by atoms with E-state index in [2.05, 4.69) is 19.9 Å². The predicted octanol–water partition coefficient (Wildman–Crippen LogP) is 4.16. The Morgan fingerprint density at radius 1 is 1.12 bits per heavy atom. The Hall–Kier alpha value is -3.02. The molecule has 0 spiro atoms. The molecular weight excluding hydrogens is 404 g/mol. The molecule has 0 aromatic heterocycles. The molecule has 1 saturated heterocycles. The van der Waals surface area contributed by atoms with Gasteiger partial charge in [-0.15, -0.1) is 0 Å². The van der Waals surface area contributed by atoms with Crippen molar-refractivity contribution in [3.8, 4) is 11.5 Å². The number of fused-ring (bicyclic) bond motifs is 1. The molecule has 0 saturated carbocycles. The smallest absolute Gasteiger partial charge is 0.228 e. The fraction of sp³-hybridized carbons (Fsp3) is 0.462. The lowest BCUT2D eigenvalue weighted by molar-refractivity contribution is -0.136. The van der Waals surface area contributed by atoms with Gasteiger partial charge in [0.05, 0.1) is 20.1 Å². The van der Waals surface area contributed by atoms with Crippen LogP contribution in [0.1, 0.15) is 49.3 Å². The molecular formula is C26H32N2O4. The zero-order chi connectivity index (χ0) is 22.8. The number of methoxy groups -OCH3 is 2. The Kier molecular flexibility index (Phi) is 6.40. The number of para-hydroxylation sites is 1. The number of anilines is 1. The van der Waals surface area contributed by atoms with Crippen molar-refractivity contribution in [2.45, 2.75) is 45.6 Å². The second-order valence-electron chi connectivity index (χ2n) is 8.76. The second-order valence-corrected chi connectivity index (χ2v) is 8.76. The first kappa shape index (κ1) is 22.2. The number of benzene rings is 2. The van der Waals surface area contributed by atoms with Crippen LogP contribution in [0.25, 0.3) is 0 Å². The lowest BCUT2D eigenvalue weighted by atomic mass is 9.96. The highest BCUT2D eigenvalue weighted by molar-refractivity contribution is 6.01. The monoisotopic (exact) mass is 436 g/mol. The maximum atomic E-state index is 13.4. The molecule has 6 nitrogen and oxygen atoms in total. The van der Waals surface area contributed by atoms with Crippen LogP contribution < -0.4 is 14.4 Å². The molecule has 2 atom stereocenters. The summed E-state index contributed by atoms with van der Waals surface area (Å²) in [4.78, 5) is 30.0. The summed E-state index contributed by atoms with van der Waals surface area (Å²) in [5.74, 6) is 1.52. The van der Waals surface area contributed by atoms with Gasteiger partial charge in [0.2, 0.25) is 11.8 Å². The maximum absolute atomic E-state index is 13.4. The zero-order valence-electron chi connectivity index (χ0n) is 19.4. The molecule has 170 valence electrons. The Morgan fingerprint density at radius 2 is 1.81 bits per heavy atom. The van der Waals surface area contributed by atoms with E-state index < -0.39 is 0 Å². The quantitative estimate of drug-likeness (QED) is 0.682. The van der Waals surface area contributed by atoms with Gasteiger partial charge in [-0.1, -0.05) is 32.0 Å². The number of amides is 2. The number of carbonyl (C=O) groups excluding carboxylic acids is 2. The van der Waals surface area contributed by atoms with Gasteiger partial charge in [0.1, 0.15) is 0 Å². The van der Waals surface area contributed by atoms with Crippen LogP contribution >= 0.6 is 0 Å². The van der Waals surface area contributed by atoms with Gasteiger partial charge in [0, 0.05) is 31.7 Å². The fourth-order valence-corrected chi connectivity index (χ4v) is 4.81. The van der Waals surface area contributed by atoms with Crippen LogP contribution in [0.2, 0.25) is 0 Å². The number of rotatable bonds is 6. The summed E-state index contributed by atoms with van der Waals surface area (Å²) in [6.07, 6.45) is 2.04. The SMILES string of the molecule is CCC(C)c1ccccc1N1CC(C(=O)N2CCc3cc(OC)c(OC)cc3C2)CC1=O. The summed E-state index contributed by atoms with van der Waals surface area (Å²) in [6.45, 7) is 5.95. The van der Waals surface area contributed by atoms with Gasteiger partial charge >= 0.3 is 0 Å². The predicted molar refractivity (Wildman–Crippen MR) is 124 cm³/mol. The Labute approximate surface area is 190 Å². The van der Waals surface area contributed by atoms with Gasteiger partial charge in [0.15, 0.2) is 11.5 Å². The number of carbonyl (C=O) groups is 2. The van der Waals surface area contributed by atoms with Crippen molar-refractivity contribution in [3.05, 3.63) is 53.1 Å². The molecule has 2 heterocycles. The molecule has 0 bridgehead atoms. The molecule has 2 unspecified atom stereocenters. The molecule has 4 rings (SSSR count). The third-order valence-electron chi connectivity index (χ3n) is 6.87. The summed E-state index contributed by atoms with van der Waals surface area (Å²) < 4.78 is 10.8. The van der Waals surface area contributed by atoms with Crippen molar-refractivity contribution in [1.82, 2.24) is 4.90 Å². The first-order valence-corrected chi connectivity index (χ1v) is 11.4. The number of nitrogens with zero attached hydrogens (tertiary/aromatic N) is 2. The first-order valence-electron chi connectivity index (χ1n) is 11.4. The van der Waals surface area contributed by atoms with Gasteiger partial charge in [-0.2, -0.15) is 0 Å². The normalized spacial score (nSPS) is 19.0. The van der Waals surface area contributed by atoms with Crippen molar-refractivity contribution in [2.24, 2.45) is 5.92 Å². The largest absolute Gasteiger partial charge is 0.493 e. The minimum Gasteiger partial charge on any atom is -0.493 e. The Balaban J connectivity index is 1.51. The van der Waals surface area contributed by atoms with E-state index in [1.807, 2.05) is 40.1 Å². The topological polar surface area (TPSA) is 59.1 Å². The van der Waals surface area contributed by atoms with E-state index in [0.29, 0.717) is 37.1 Å². The van der Waals surface area contributed by atoms with E-state index in [9.17, 15) is 9.59 Å². The molecule has 0 N–H and O–H groups in total. The molecule has 2 amide bonds. The Bertz CT molecular complexity index is 1020. The average molecular weight is 437 g/mol. The van der Waals surface area contributed by atoms with E-state index >= 15 is 0 Å². The summed E-state index contributed by atoms with van der Waals surface area (Å²) in [6, 6.07) is 12.0. The molecule has 2 aromatic carbocycles. The maximum Gasteiger partial charge on any atom is 0.228 e.